The zero-order chi connectivity index (χ0) is 19.1. The summed E-state index contributed by atoms with van der Waals surface area (Å²) in [7, 11) is 0. The van der Waals surface area contributed by atoms with Gasteiger partial charge in [0.2, 0.25) is 5.91 Å². The maximum Gasteiger partial charge on any atom is 0.254 e. The van der Waals surface area contributed by atoms with Gasteiger partial charge in [0.1, 0.15) is 5.82 Å². The normalized spacial score (nSPS) is 21.1. The van der Waals surface area contributed by atoms with E-state index in [-0.39, 0.29) is 17.4 Å². The molecule has 2 saturated heterocycles. The molecule has 3 rings (SSSR count). The van der Waals surface area contributed by atoms with Crippen molar-refractivity contribution < 1.29 is 14.0 Å². The lowest BCUT2D eigenvalue weighted by Gasteiger charge is -2.35. The van der Waals surface area contributed by atoms with Crippen molar-refractivity contribution in [3.05, 3.63) is 35.6 Å². The smallest absolute Gasteiger partial charge is 0.254 e. The largest absolute Gasteiger partial charge is 0.351 e. The van der Waals surface area contributed by atoms with Crippen LogP contribution in [0.4, 0.5) is 4.39 Å². The second kappa shape index (κ2) is 10.1. The van der Waals surface area contributed by atoms with Crippen molar-refractivity contribution in [1.29, 1.82) is 0 Å². The van der Waals surface area contributed by atoms with Crippen molar-refractivity contribution in [2.75, 3.05) is 57.3 Å². The third-order valence-corrected chi connectivity index (χ3v) is 6.11. The van der Waals surface area contributed by atoms with Gasteiger partial charge < -0.3 is 15.5 Å². The molecular weight excluding hydrogens is 367 g/mol. The van der Waals surface area contributed by atoms with Crippen LogP contribution in [0.2, 0.25) is 0 Å². The monoisotopic (exact) mass is 394 g/mol. The second-order valence-electron chi connectivity index (χ2n) is 6.89. The molecular formula is C19H27FN4O2S. The minimum atomic E-state index is -0.506. The van der Waals surface area contributed by atoms with Crippen LogP contribution in [0, 0.1) is 5.82 Å². The molecule has 1 aromatic carbocycles. The third-order valence-electron chi connectivity index (χ3n) is 4.98. The van der Waals surface area contributed by atoms with Crippen LogP contribution in [0.3, 0.4) is 0 Å². The van der Waals surface area contributed by atoms with Crippen LogP contribution < -0.4 is 10.6 Å². The highest BCUT2D eigenvalue weighted by Gasteiger charge is 2.24. The van der Waals surface area contributed by atoms with E-state index in [9.17, 15) is 14.0 Å². The average Bonchev–Trinajstić information content (AvgIpc) is 2.69. The molecule has 0 radical (unpaired) electrons. The first-order valence-corrected chi connectivity index (χ1v) is 10.6. The molecule has 1 atom stereocenters. The highest BCUT2D eigenvalue weighted by atomic mass is 32.2. The van der Waals surface area contributed by atoms with Crippen molar-refractivity contribution in [3.63, 3.8) is 0 Å². The SMILES string of the molecule is O=C(NCCN1CCN(C(=O)CC2CSCCN2)CC1)c1ccccc1F. The van der Waals surface area contributed by atoms with Gasteiger partial charge in [-0.3, -0.25) is 14.5 Å². The van der Waals surface area contributed by atoms with Gasteiger partial charge in [-0.25, -0.2) is 4.39 Å². The fourth-order valence-corrected chi connectivity index (χ4v) is 4.33. The van der Waals surface area contributed by atoms with Gasteiger partial charge in [-0.1, -0.05) is 12.1 Å². The number of rotatable bonds is 6. The first-order valence-electron chi connectivity index (χ1n) is 9.47. The van der Waals surface area contributed by atoms with E-state index in [1.807, 2.05) is 16.7 Å². The van der Waals surface area contributed by atoms with E-state index in [1.165, 1.54) is 12.1 Å². The van der Waals surface area contributed by atoms with E-state index >= 15 is 0 Å². The van der Waals surface area contributed by atoms with E-state index in [2.05, 4.69) is 15.5 Å². The van der Waals surface area contributed by atoms with E-state index in [4.69, 9.17) is 0 Å². The lowest BCUT2D eigenvalue weighted by molar-refractivity contribution is -0.133. The fourth-order valence-electron chi connectivity index (χ4n) is 3.38. The summed E-state index contributed by atoms with van der Waals surface area (Å²) >= 11 is 1.90. The highest BCUT2D eigenvalue weighted by Crippen LogP contribution is 2.12. The molecule has 2 heterocycles. The van der Waals surface area contributed by atoms with Gasteiger partial charge in [0, 0.05) is 69.8 Å². The summed E-state index contributed by atoms with van der Waals surface area (Å²) in [6, 6.07) is 6.27. The van der Waals surface area contributed by atoms with Crippen LogP contribution >= 0.6 is 11.8 Å². The third kappa shape index (κ3) is 5.92. The molecule has 0 bridgehead atoms. The van der Waals surface area contributed by atoms with E-state index in [1.54, 1.807) is 12.1 Å². The number of thioether (sulfide) groups is 1. The van der Waals surface area contributed by atoms with Crippen LogP contribution in [-0.2, 0) is 4.79 Å². The predicted molar refractivity (Wildman–Crippen MR) is 105 cm³/mol. The Morgan fingerprint density at radius 3 is 2.70 bits per heavy atom. The summed E-state index contributed by atoms with van der Waals surface area (Å²) in [6.45, 7) is 5.19. The Morgan fingerprint density at radius 2 is 2.00 bits per heavy atom. The number of piperazine rings is 1. The van der Waals surface area contributed by atoms with Gasteiger partial charge in [-0.2, -0.15) is 11.8 Å². The van der Waals surface area contributed by atoms with E-state index in [0.29, 0.717) is 25.6 Å². The lowest BCUT2D eigenvalue weighted by Crippen LogP contribution is -2.51. The number of hydrogen-bond acceptors (Lipinski definition) is 5. The first-order chi connectivity index (χ1) is 13.1. The van der Waals surface area contributed by atoms with Crippen molar-refractivity contribution in [2.45, 2.75) is 12.5 Å². The van der Waals surface area contributed by atoms with Crippen LogP contribution in [0.15, 0.2) is 24.3 Å². The number of halogens is 1. The Kier molecular flexibility index (Phi) is 7.49. The Bertz CT molecular complexity index is 646. The van der Waals surface area contributed by atoms with Gasteiger partial charge in [0.05, 0.1) is 5.56 Å². The number of nitrogens with one attached hydrogen (secondary N) is 2. The summed E-state index contributed by atoms with van der Waals surface area (Å²) in [5, 5.41) is 6.17. The zero-order valence-corrected chi connectivity index (χ0v) is 16.3. The molecule has 0 aliphatic carbocycles. The van der Waals surface area contributed by atoms with Gasteiger partial charge in [-0.05, 0) is 12.1 Å². The minimum Gasteiger partial charge on any atom is -0.351 e. The lowest BCUT2D eigenvalue weighted by atomic mass is 10.2. The summed E-state index contributed by atoms with van der Waals surface area (Å²) < 4.78 is 13.6. The second-order valence-corrected chi connectivity index (χ2v) is 8.04. The quantitative estimate of drug-likeness (QED) is 0.747. The Hall–Kier alpha value is -1.64. The standard InChI is InChI=1S/C19H27FN4O2S/c20-17-4-2-1-3-16(17)19(26)22-5-7-23-8-10-24(11-9-23)18(25)13-15-14-27-12-6-21-15/h1-4,15,21H,5-14H2,(H,22,26). The molecule has 2 aliphatic heterocycles. The summed E-state index contributed by atoms with van der Waals surface area (Å²) in [5.41, 5.74) is 0.0717. The van der Waals surface area contributed by atoms with Crippen LogP contribution in [0.5, 0.6) is 0 Å². The van der Waals surface area contributed by atoms with Gasteiger partial charge in [-0.15, -0.1) is 0 Å². The van der Waals surface area contributed by atoms with Crippen molar-refractivity contribution >= 4 is 23.6 Å². The number of carbonyl (C=O) groups is 2. The number of amides is 2. The number of hydrogen-bond donors (Lipinski definition) is 2. The summed E-state index contributed by atoms with van der Waals surface area (Å²) in [4.78, 5) is 28.6. The van der Waals surface area contributed by atoms with Crippen LogP contribution in [-0.4, -0.2) is 85.0 Å². The minimum absolute atomic E-state index is 0.0717. The molecule has 0 saturated carbocycles. The molecule has 1 aromatic rings. The van der Waals surface area contributed by atoms with Crippen molar-refractivity contribution in [3.8, 4) is 0 Å². The molecule has 8 heteroatoms. The molecule has 148 valence electrons. The van der Waals surface area contributed by atoms with E-state index < -0.39 is 5.82 Å². The first kappa shape index (κ1) is 20.1. The van der Waals surface area contributed by atoms with Gasteiger partial charge in [0.15, 0.2) is 0 Å². The van der Waals surface area contributed by atoms with E-state index in [0.717, 1.165) is 44.2 Å². The fraction of sp³-hybridized carbons (Fsp3) is 0.579. The van der Waals surface area contributed by atoms with Crippen LogP contribution in [0.1, 0.15) is 16.8 Å². The molecule has 2 N–H and O–H groups in total. The molecule has 2 aliphatic rings. The summed E-state index contributed by atoms with van der Waals surface area (Å²) in [5.74, 6) is 1.46. The van der Waals surface area contributed by atoms with Gasteiger partial charge >= 0.3 is 0 Å². The number of benzene rings is 1. The number of carbonyl (C=O) groups excluding carboxylic acids is 2. The molecule has 2 amide bonds. The molecule has 27 heavy (non-hydrogen) atoms. The number of nitrogens with zero attached hydrogens (tertiary/aromatic N) is 2. The van der Waals surface area contributed by atoms with Gasteiger partial charge in [0.25, 0.3) is 5.91 Å². The maximum absolute atomic E-state index is 13.6. The topological polar surface area (TPSA) is 64.7 Å². The van der Waals surface area contributed by atoms with Crippen molar-refractivity contribution in [1.82, 2.24) is 20.4 Å². The molecule has 1 unspecified atom stereocenters. The maximum atomic E-state index is 13.6. The van der Waals surface area contributed by atoms with Crippen LogP contribution in [0.25, 0.3) is 0 Å². The Balaban J connectivity index is 1.34. The molecule has 0 aromatic heterocycles. The van der Waals surface area contributed by atoms with Crippen molar-refractivity contribution in [2.24, 2.45) is 0 Å². The molecule has 0 spiro atoms. The zero-order valence-electron chi connectivity index (χ0n) is 15.5. The predicted octanol–water partition coefficient (Wildman–Crippen LogP) is 0.795. The highest BCUT2D eigenvalue weighted by molar-refractivity contribution is 7.99. The summed E-state index contributed by atoms with van der Waals surface area (Å²) in [6.07, 6.45) is 0.575. The Labute approximate surface area is 163 Å². The average molecular weight is 395 g/mol. The molecule has 2 fully saturated rings. The Morgan fingerprint density at radius 1 is 1.22 bits per heavy atom. The molecule has 6 nitrogen and oxygen atoms in total.